The Kier molecular flexibility index (Phi) is 5.73. The fraction of sp³-hybridized carbons (Fsp3) is 0.450. The molecule has 1 atom stereocenters. The first-order valence-electron chi connectivity index (χ1n) is 8.19. The summed E-state index contributed by atoms with van der Waals surface area (Å²) in [4.78, 5) is 4.73. The number of nitrogens with zero attached hydrogens (tertiary/aromatic N) is 1. The van der Waals surface area contributed by atoms with Crippen molar-refractivity contribution in [3.8, 4) is 0 Å². The Balaban J connectivity index is 2.39. The molecule has 0 saturated carbocycles. The molecule has 1 N–H and O–H groups in total. The summed E-state index contributed by atoms with van der Waals surface area (Å²) >= 11 is 0. The molecular formula is C20H28N2. The summed E-state index contributed by atoms with van der Waals surface area (Å²) in [6.07, 6.45) is 2.96. The van der Waals surface area contributed by atoms with Crippen molar-refractivity contribution in [3.63, 3.8) is 0 Å². The zero-order valence-corrected chi connectivity index (χ0v) is 14.5. The van der Waals surface area contributed by atoms with Crippen LogP contribution < -0.4 is 5.32 Å². The Morgan fingerprint density at radius 1 is 1.05 bits per heavy atom. The maximum atomic E-state index is 4.73. The lowest BCUT2D eigenvalue weighted by Crippen LogP contribution is -2.22. The van der Waals surface area contributed by atoms with Crippen LogP contribution in [-0.4, -0.2) is 18.6 Å². The Morgan fingerprint density at radius 3 is 2.32 bits per heavy atom. The van der Waals surface area contributed by atoms with Crippen molar-refractivity contribution in [3.05, 3.63) is 64.5 Å². The van der Waals surface area contributed by atoms with Crippen LogP contribution in [0.3, 0.4) is 0 Å². The highest BCUT2D eigenvalue weighted by Gasteiger charge is 2.19. The van der Waals surface area contributed by atoms with E-state index in [1.807, 2.05) is 19.3 Å². The van der Waals surface area contributed by atoms with E-state index in [0.717, 1.165) is 13.0 Å². The summed E-state index contributed by atoms with van der Waals surface area (Å²) in [6.45, 7) is 9.86. The van der Waals surface area contributed by atoms with Crippen molar-refractivity contribution >= 4 is 0 Å². The predicted molar refractivity (Wildman–Crippen MR) is 94.6 cm³/mol. The first kappa shape index (κ1) is 16.7. The second-order valence-corrected chi connectivity index (χ2v) is 6.46. The van der Waals surface area contributed by atoms with Gasteiger partial charge in [-0.25, -0.2) is 0 Å². The number of aromatic nitrogens is 1. The van der Waals surface area contributed by atoms with Crippen molar-refractivity contribution in [2.75, 3.05) is 13.6 Å². The van der Waals surface area contributed by atoms with E-state index < -0.39 is 0 Å². The van der Waals surface area contributed by atoms with E-state index in [4.69, 9.17) is 4.98 Å². The highest BCUT2D eigenvalue weighted by atomic mass is 14.8. The number of benzene rings is 1. The van der Waals surface area contributed by atoms with Crippen LogP contribution in [0.2, 0.25) is 0 Å². The standard InChI is InChI=1S/C20H28N2/c1-14(2)18-10-7-11-22-20(18)17(13-21-5)12-19-15(3)8-6-9-16(19)4/h6-11,14,17,21H,12-13H2,1-5H3/t17-/m0/s1. The molecule has 22 heavy (non-hydrogen) atoms. The quantitative estimate of drug-likeness (QED) is 0.856. The van der Waals surface area contributed by atoms with Gasteiger partial charge in [0.15, 0.2) is 0 Å². The lowest BCUT2D eigenvalue weighted by molar-refractivity contribution is 0.596. The number of nitrogens with one attached hydrogen (secondary N) is 1. The minimum Gasteiger partial charge on any atom is -0.319 e. The molecule has 2 aromatic rings. The summed E-state index contributed by atoms with van der Waals surface area (Å²) in [7, 11) is 2.02. The largest absolute Gasteiger partial charge is 0.319 e. The number of aryl methyl sites for hydroxylation is 2. The molecule has 0 aliphatic rings. The van der Waals surface area contributed by atoms with E-state index in [1.54, 1.807) is 0 Å². The van der Waals surface area contributed by atoms with Gasteiger partial charge < -0.3 is 5.32 Å². The van der Waals surface area contributed by atoms with E-state index in [-0.39, 0.29) is 0 Å². The highest BCUT2D eigenvalue weighted by Crippen LogP contribution is 2.28. The van der Waals surface area contributed by atoms with Gasteiger partial charge in [-0.05, 0) is 61.6 Å². The fourth-order valence-electron chi connectivity index (χ4n) is 3.19. The second kappa shape index (κ2) is 7.55. The molecule has 0 fully saturated rings. The van der Waals surface area contributed by atoms with Crippen LogP contribution in [0.5, 0.6) is 0 Å². The number of hydrogen-bond donors (Lipinski definition) is 1. The first-order chi connectivity index (χ1) is 10.5. The zero-order chi connectivity index (χ0) is 16.1. The molecule has 0 bridgehead atoms. The van der Waals surface area contributed by atoms with Gasteiger partial charge in [0.05, 0.1) is 0 Å². The molecule has 0 aliphatic heterocycles. The SMILES string of the molecule is CNC[C@H](Cc1c(C)cccc1C)c1ncccc1C(C)C. The first-order valence-corrected chi connectivity index (χ1v) is 8.19. The van der Waals surface area contributed by atoms with Crippen LogP contribution in [0.15, 0.2) is 36.5 Å². The topological polar surface area (TPSA) is 24.9 Å². The normalized spacial score (nSPS) is 12.6. The predicted octanol–water partition coefficient (Wildman–Crippen LogP) is 4.37. The molecular weight excluding hydrogens is 268 g/mol. The summed E-state index contributed by atoms with van der Waals surface area (Å²) in [6, 6.07) is 10.8. The van der Waals surface area contributed by atoms with Gasteiger partial charge in [-0.15, -0.1) is 0 Å². The van der Waals surface area contributed by atoms with Gasteiger partial charge in [-0.2, -0.15) is 0 Å². The van der Waals surface area contributed by atoms with E-state index in [2.05, 4.69) is 57.3 Å². The van der Waals surface area contributed by atoms with Crippen LogP contribution >= 0.6 is 0 Å². The van der Waals surface area contributed by atoms with E-state index in [0.29, 0.717) is 11.8 Å². The molecule has 0 unspecified atom stereocenters. The molecule has 1 aromatic heterocycles. The fourth-order valence-corrected chi connectivity index (χ4v) is 3.19. The van der Waals surface area contributed by atoms with Crippen molar-refractivity contribution in [2.24, 2.45) is 0 Å². The molecule has 2 heteroatoms. The number of rotatable bonds is 6. The average molecular weight is 296 g/mol. The third kappa shape index (κ3) is 3.75. The van der Waals surface area contributed by atoms with E-state index >= 15 is 0 Å². The Labute approximate surface area is 135 Å². The highest BCUT2D eigenvalue weighted by molar-refractivity contribution is 5.36. The van der Waals surface area contributed by atoms with Crippen molar-refractivity contribution in [1.29, 1.82) is 0 Å². The maximum absolute atomic E-state index is 4.73. The lowest BCUT2D eigenvalue weighted by Gasteiger charge is -2.22. The summed E-state index contributed by atoms with van der Waals surface area (Å²) < 4.78 is 0. The minimum absolute atomic E-state index is 0.406. The van der Waals surface area contributed by atoms with E-state index in [1.165, 1.54) is 27.9 Å². The lowest BCUT2D eigenvalue weighted by atomic mass is 9.86. The van der Waals surface area contributed by atoms with Crippen molar-refractivity contribution in [1.82, 2.24) is 10.3 Å². The number of likely N-dealkylation sites (N-methyl/N-ethyl adjacent to an activating group) is 1. The Bertz CT molecular complexity index is 597. The van der Waals surface area contributed by atoms with Gasteiger partial charge in [-0.1, -0.05) is 38.1 Å². The van der Waals surface area contributed by atoms with Gasteiger partial charge in [0.25, 0.3) is 0 Å². The van der Waals surface area contributed by atoms with Gasteiger partial charge in [0.1, 0.15) is 0 Å². The summed E-state index contributed by atoms with van der Waals surface area (Å²) in [5, 5.41) is 3.35. The molecule has 0 radical (unpaired) electrons. The smallest absolute Gasteiger partial charge is 0.0485 e. The molecule has 0 saturated heterocycles. The molecule has 2 rings (SSSR count). The number of pyridine rings is 1. The molecule has 118 valence electrons. The molecule has 1 heterocycles. The van der Waals surface area contributed by atoms with Gasteiger partial charge in [-0.3, -0.25) is 4.98 Å². The summed E-state index contributed by atoms with van der Waals surface area (Å²) in [5.74, 6) is 0.907. The average Bonchev–Trinajstić information content (AvgIpc) is 2.50. The van der Waals surface area contributed by atoms with E-state index in [9.17, 15) is 0 Å². The molecule has 0 spiro atoms. The van der Waals surface area contributed by atoms with Crippen LogP contribution in [0, 0.1) is 13.8 Å². The second-order valence-electron chi connectivity index (χ2n) is 6.46. The molecule has 2 nitrogen and oxygen atoms in total. The van der Waals surface area contributed by atoms with Crippen molar-refractivity contribution in [2.45, 2.75) is 46.0 Å². The molecule has 0 amide bonds. The number of hydrogen-bond acceptors (Lipinski definition) is 2. The van der Waals surface area contributed by atoms with Crippen LogP contribution in [0.1, 0.15) is 53.6 Å². The van der Waals surface area contributed by atoms with Crippen LogP contribution in [0.25, 0.3) is 0 Å². The van der Waals surface area contributed by atoms with Crippen LogP contribution in [0.4, 0.5) is 0 Å². The Hall–Kier alpha value is -1.67. The third-order valence-corrected chi connectivity index (χ3v) is 4.43. The summed E-state index contributed by atoms with van der Waals surface area (Å²) in [5.41, 5.74) is 6.83. The Morgan fingerprint density at radius 2 is 1.73 bits per heavy atom. The van der Waals surface area contributed by atoms with Crippen LogP contribution in [-0.2, 0) is 6.42 Å². The van der Waals surface area contributed by atoms with Crippen molar-refractivity contribution < 1.29 is 0 Å². The third-order valence-electron chi connectivity index (χ3n) is 4.43. The minimum atomic E-state index is 0.406. The molecule has 0 aliphatic carbocycles. The van der Waals surface area contributed by atoms with Gasteiger partial charge >= 0.3 is 0 Å². The van der Waals surface area contributed by atoms with Gasteiger partial charge in [0.2, 0.25) is 0 Å². The monoisotopic (exact) mass is 296 g/mol. The molecule has 1 aromatic carbocycles. The van der Waals surface area contributed by atoms with Gasteiger partial charge in [0, 0.05) is 24.4 Å². The maximum Gasteiger partial charge on any atom is 0.0485 e. The zero-order valence-electron chi connectivity index (χ0n) is 14.5.